The van der Waals surface area contributed by atoms with Crippen molar-refractivity contribution in [2.24, 2.45) is 23.7 Å². The number of amides is 2. The number of hydrogen-bond donors (Lipinski definition) is 3. The van der Waals surface area contributed by atoms with Gasteiger partial charge in [0.15, 0.2) is 11.6 Å². The number of benzene rings is 1. The first-order valence-electron chi connectivity index (χ1n) is 14.4. The van der Waals surface area contributed by atoms with Crippen LogP contribution in [0.15, 0.2) is 30.3 Å². The van der Waals surface area contributed by atoms with Crippen molar-refractivity contribution in [3.63, 3.8) is 0 Å². The van der Waals surface area contributed by atoms with Gasteiger partial charge in [0.05, 0.1) is 18.7 Å². The molecule has 0 bridgehead atoms. The molecule has 8 nitrogen and oxygen atoms in total. The maximum Gasteiger partial charge on any atom is 0.249 e. The molecule has 39 heavy (non-hydrogen) atoms. The summed E-state index contributed by atoms with van der Waals surface area (Å²) in [4.78, 5) is 53.0. The lowest BCUT2D eigenvalue weighted by Gasteiger charge is -2.26. The number of ketones is 2. The minimum absolute atomic E-state index is 0.0898. The van der Waals surface area contributed by atoms with Crippen molar-refractivity contribution >= 4 is 23.4 Å². The van der Waals surface area contributed by atoms with Gasteiger partial charge in [0.1, 0.15) is 11.7 Å². The van der Waals surface area contributed by atoms with Crippen LogP contribution in [0.5, 0.6) is 0 Å². The molecule has 0 aromatic heterocycles. The zero-order valence-corrected chi connectivity index (χ0v) is 24.1. The van der Waals surface area contributed by atoms with Crippen LogP contribution in [0.25, 0.3) is 0 Å². The van der Waals surface area contributed by atoms with Crippen LogP contribution in [0.1, 0.15) is 78.7 Å². The Kier molecular flexibility index (Phi) is 10.8. The first-order chi connectivity index (χ1) is 18.4. The molecule has 1 aliphatic carbocycles. The average molecular weight is 543 g/mol. The first-order valence-corrected chi connectivity index (χ1v) is 14.4. The van der Waals surface area contributed by atoms with Gasteiger partial charge in [0.2, 0.25) is 11.8 Å². The molecule has 1 saturated carbocycles. The summed E-state index contributed by atoms with van der Waals surface area (Å²) in [5, 5.41) is 16.0. The molecule has 1 aromatic rings. The Bertz CT molecular complexity index is 1000. The highest BCUT2D eigenvalue weighted by Crippen LogP contribution is 2.33. The van der Waals surface area contributed by atoms with Gasteiger partial charge in [-0.3, -0.25) is 19.2 Å². The van der Waals surface area contributed by atoms with Crippen LogP contribution in [0.2, 0.25) is 0 Å². The highest BCUT2D eigenvalue weighted by Gasteiger charge is 2.50. The average Bonchev–Trinajstić information content (AvgIpc) is 3.81. The fraction of sp³-hybridized carbons (Fsp3) is 0.677. The van der Waals surface area contributed by atoms with Gasteiger partial charge in [-0.1, -0.05) is 70.9 Å². The van der Waals surface area contributed by atoms with E-state index in [1.807, 2.05) is 58.0 Å². The van der Waals surface area contributed by atoms with Crippen molar-refractivity contribution < 1.29 is 29.0 Å². The Hall–Kier alpha value is -2.58. The zero-order chi connectivity index (χ0) is 28.7. The molecule has 0 spiro atoms. The number of epoxide rings is 1. The molecule has 2 amide bonds. The Morgan fingerprint density at radius 2 is 1.51 bits per heavy atom. The number of carbonyl (C=O) groups excluding carboxylic acids is 4. The van der Waals surface area contributed by atoms with E-state index in [9.17, 15) is 24.3 Å². The maximum absolute atomic E-state index is 13.6. The van der Waals surface area contributed by atoms with Crippen molar-refractivity contribution in [3.05, 3.63) is 35.9 Å². The molecule has 8 heteroatoms. The minimum atomic E-state index is -1.14. The molecule has 1 aromatic carbocycles. The fourth-order valence-electron chi connectivity index (χ4n) is 4.94. The van der Waals surface area contributed by atoms with Crippen molar-refractivity contribution in [1.82, 2.24) is 10.6 Å². The molecule has 216 valence electrons. The van der Waals surface area contributed by atoms with E-state index in [1.54, 1.807) is 6.92 Å². The quantitative estimate of drug-likeness (QED) is 0.259. The summed E-state index contributed by atoms with van der Waals surface area (Å²) in [5.41, 5.74) is 0.0323. The minimum Gasteiger partial charge on any atom is -0.383 e. The second-order valence-electron chi connectivity index (χ2n) is 12.5. The van der Waals surface area contributed by atoms with Crippen molar-refractivity contribution in [1.29, 1.82) is 0 Å². The van der Waals surface area contributed by atoms with Gasteiger partial charge in [0.25, 0.3) is 0 Å². The van der Waals surface area contributed by atoms with E-state index in [4.69, 9.17) is 4.74 Å². The zero-order valence-electron chi connectivity index (χ0n) is 24.1. The molecule has 1 heterocycles. The molecule has 2 fully saturated rings. The smallest absolute Gasteiger partial charge is 0.249 e. The molecule has 1 aliphatic heterocycles. The number of Topliss-reactive ketones (excluding diaryl/α,β-unsaturated/α-hetero) is 2. The van der Waals surface area contributed by atoms with Gasteiger partial charge in [0, 0.05) is 12.3 Å². The Balaban J connectivity index is 1.76. The monoisotopic (exact) mass is 542 g/mol. The molecule has 3 N–H and O–H groups in total. The summed E-state index contributed by atoms with van der Waals surface area (Å²) < 4.78 is 5.36. The van der Waals surface area contributed by atoms with Crippen LogP contribution in [0, 0.1) is 23.7 Å². The molecular formula is C31H46N2O6. The van der Waals surface area contributed by atoms with E-state index in [-0.39, 0.29) is 35.7 Å². The molecule has 0 radical (unpaired) electrons. The lowest BCUT2D eigenvalue weighted by Crippen LogP contribution is -2.50. The van der Waals surface area contributed by atoms with Gasteiger partial charge in [-0.05, 0) is 55.9 Å². The third kappa shape index (κ3) is 9.84. The number of hydrogen-bond acceptors (Lipinski definition) is 6. The van der Waals surface area contributed by atoms with Gasteiger partial charge in [-0.25, -0.2) is 0 Å². The van der Waals surface area contributed by atoms with E-state index >= 15 is 0 Å². The third-order valence-corrected chi connectivity index (χ3v) is 7.55. The summed E-state index contributed by atoms with van der Waals surface area (Å²) >= 11 is 0. The first kappa shape index (κ1) is 31.0. The van der Waals surface area contributed by atoms with E-state index in [0.717, 1.165) is 18.4 Å². The van der Waals surface area contributed by atoms with Crippen LogP contribution < -0.4 is 10.6 Å². The summed E-state index contributed by atoms with van der Waals surface area (Å²) in [7, 11) is 0. The highest BCUT2D eigenvalue weighted by atomic mass is 16.6. The summed E-state index contributed by atoms with van der Waals surface area (Å²) in [6.07, 6.45) is 2.40. The SMILES string of the molecule is CC(C)C[C@H](NC(=O)[C@@H](O)CC1CC1)C(=O)C[C@@H](Cc1ccccc1)C(=O)N[C@@H](CC(C)C)C(=O)[C@@]1(C)CO1. The molecule has 3 rings (SSSR count). The van der Waals surface area contributed by atoms with Crippen LogP contribution in [0.4, 0.5) is 0 Å². The number of ether oxygens (including phenoxy) is 1. The second kappa shape index (κ2) is 13.7. The van der Waals surface area contributed by atoms with Crippen LogP contribution in [-0.2, 0) is 30.3 Å². The predicted molar refractivity (Wildman–Crippen MR) is 149 cm³/mol. The number of rotatable bonds is 17. The highest BCUT2D eigenvalue weighted by molar-refractivity contribution is 5.98. The second-order valence-corrected chi connectivity index (χ2v) is 12.5. The standard InChI is InChI=1S/C31H46N2O6/c1-19(2)13-24(32-30(38)27(35)16-22-11-12-22)26(34)17-23(15-21-9-7-6-8-10-21)29(37)33-25(14-20(3)4)28(36)31(5)18-39-31/h6-10,19-20,22-25,27,35H,11-18H2,1-5H3,(H,32,38)(H,33,37)/t23-,24+,25+,27+,31-/m1/s1. The summed E-state index contributed by atoms with van der Waals surface area (Å²) in [5.74, 6) is -1.37. The number of aliphatic hydroxyl groups is 1. The molecule has 0 unspecified atom stereocenters. The molecule has 1 saturated heterocycles. The topological polar surface area (TPSA) is 125 Å². The normalized spacial score (nSPS) is 21.6. The van der Waals surface area contributed by atoms with Crippen LogP contribution in [-0.4, -0.2) is 58.9 Å². The third-order valence-electron chi connectivity index (χ3n) is 7.55. The maximum atomic E-state index is 13.6. The lowest BCUT2D eigenvalue weighted by atomic mass is 9.87. The van der Waals surface area contributed by atoms with E-state index in [1.165, 1.54) is 0 Å². The number of nitrogens with one attached hydrogen (secondary N) is 2. The van der Waals surface area contributed by atoms with Gasteiger partial charge in [-0.15, -0.1) is 0 Å². The molecule has 5 atom stereocenters. The molecular weight excluding hydrogens is 496 g/mol. The Labute approximate surface area is 232 Å². The van der Waals surface area contributed by atoms with Crippen molar-refractivity contribution in [3.8, 4) is 0 Å². The van der Waals surface area contributed by atoms with E-state index in [0.29, 0.717) is 38.2 Å². The number of carbonyl (C=O) groups is 4. The van der Waals surface area contributed by atoms with E-state index in [2.05, 4.69) is 10.6 Å². The lowest BCUT2D eigenvalue weighted by molar-refractivity contribution is -0.136. The largest absolute Gasteiger partial charge is 0.383 e. The fourth-order valence-corrected chi connectivity index (χ4v) is 4.94. The number of aliphatic hydroxyl groups excluding tert-OH is 1. The van der Waals surface area contributed by atoms with Gasteiger partial charge in [-0.2, -0.15) is 0 Å². The molecule has 2 aliphatic rings. The summed E-state index contributed by atoms with van der Waals surface area (Å²) in [6, 6.07) is 7.95. The predicted octanol–water partition coefficient (Wildman–Crippen LogP) is 3.39. The Morgan fingerprint density at radius 1 is 0.949 bits per heavy atom. The summed E-state index contributed by atoms with van der Waals surface area (Å²) in [6.45, 7) is 9.98. The Morgan fingerprint density at radius 3 is 2.05 bits per heavy atom. The van der Waals surface area contributed by atoms with Crippen molar-refractivity contribution in [2.75, 3.05) is 6.61 Å². The van der Waals surface area contributed by atoms with E-state index < -0.39 is 35.6 Å². The van der Waals surface area contributed by atoms with Crippen LogP contribution in [0.3, 0.4) is 0 Å². The van der Waals surface area contributed by atoms with Gasteiger partial charge < -0.3 is 20.5 Å². The van der Waals surface area contributed by atoms with Gasteiger partial charge >= 0.3 is 0 Å². The van der Waals surface area contributed by atoms with Crippen molar-refractivity contribution in [2.45, 2.75) is 103 Å². The van der Waals surface area contributed by atoms with Crippen LogP contribution >= 0.6 is 0 Å².